The molecule has 2 aromatic rings. The van der Waals surface area contributed by atoms with Crippen LogP contribution < -0.4 is 0 Å². The molecular weight excluding hydrogens is 316 g/mol. The van der Waals surface area contributed by atoms with E-state index in [1.165, 1.54) is 12.3 Å². The minimum absolute atomic E-state index is 0.252. The van der Waals surface area contributed by atoms with Crippen molar-refractivity contribution in [3.63, 3.8) is 0 Å². The molecule has 0 amide bonds. The van der Waals surface area contributed by atoms with Crippen molar-refractivity contribution in [2.45, 2.75) is 0 Å². The minimum atomic E-state index is 0.252. The van der Waals surface area contributed by atoms with Gasteiger partial charge in [-0.2, -0.15) is 0 Å². The topological polar surface area (TPSA) is 30.0 Å². The molecule has 1 aromatic carbocycles. The molecule has 0 aliphatic rings. The molecule has 6 heteroatoms. The maximum atomic E-state index is 11.0. The van der Waals surface area contributed by atoms with Crippen molar-refractivity contribution < 1.29 is 4.79 Å². The highest BCUT2D eigenvalue weighted by molar-refractivity contribution is 6.46. The smallest absolute Gasteiger partial charge is 0.152 e. The Bertz CT molecular complexity index is 628. The van der Waals surface area contributed by atoms with Gasteiger partial charge in [0.1, 0.15) is 0 Å². The number of carbonyl (C=O) groups is 1. The van der Waals surface area contributed by atoms with Crippen molar-refractivity contribution in [3.8, 4) is 11.3 Å². The molecule has 0 N–H and O–H groups in total. The molecule has 0 aliphatic heterocycles. The highest BCUT2D eigenvalue weighted by Crippen LogP contribution is 2.39. The van der Waals surface area contributed by atoms with E-state index in [9.17, 15) is 4.79 Å². The van der Waals surface area contributed by atoms with Crippen LogP contribution in [0.4, 0.5) is 0 Å². The second-order valence-electron chi connectivity index (χ2n) is 3.43. The zero-order valence-corrected chi connectivity index (χ0v) is 11.8. The number of hydrogen-bond donors (Lipinski definition) is 0. The summed E-state index contributed by atoms with van der Waals surface area (Å²) in [4.78, 5) is 15.1. The number of hydrogen-bond acceptors (Lipinski definition) is 2. The van der Waals surface area contributed by atoms with Gasteiger partial charge in [-0.15, -0.1) is 0 Å². The number of carbonyl (C=O) groups excluding carboxylic acids is 1. The summed E-state index contributed by atoms with van der Waals surface area (Å²) in [6, 6.07) is 4.66. The van der Waals surface area contributed by atoms with Gasteiger partial charge in [0.25, 0.3) is 0 Å². The van der Waals surface area contributed by atoms with Gasteiger partial charge in [-0.05, 0) is 18.2 Å². The molecular formula is C12H5Cl4NO. The largest absolute Gasteiger partial charge is 0.298 e. The van der Waals surface area contributed by atoms with E-state index in [-0.39, 0.29) is 5.02 Å². The molecule has 0 aliphatic carbocycles. The Morgan fingerprint density at radius 2 is 1.72 bits per heavy atom. The van der Waals surface area contributed by atoms with Crippen molar-refractivity contribution in [2.24, 2.45) is 0 Å². The maximum absolute atomic E-state index is 11.0. The number of nitrogens with zero attached hydrogens (tertiary/aromatic N) is 1. The van der Waals surface area contributed by atoms with E-state index in [1.54, 1.807) is 12.1 Å². The third kappa shape index (κ3) is 2.47. The van der Waals surface area contributed by atoms with Crippen LogP contribution in [0, 0.1) is 0 Å². The first kappa shape index (κ1) is 13.6. The van der Waals surface area contributed by atoms with E-state index in [1.807, 2.05) is 0 Å². The van der Waals surface area contributed by atoms with Crippen LogP contribution in [0.2, 0.25) is 20.1 Å². The molecule has 92 valence electrons. The number of aromatic nitrogens is 1. The number of halogens is 4. The lowest BCUT2D eigenvalue weighted by atomic mass is 10.1. The molecule has 2 nitrogen and oxygen atoms in total. The molecule has 1 heterocycles. The van der Waals surface area contributed by atoms with Gasteiger partial charge in [-0.3, -0.25) is 9.78 Å². The van der Waals surface area contributed by atoms with Crippen LogP contribution in [0.1, 0.15) is 10.4 Å². The average molecular weight is 321 g/mol. The summed E-state index contributed by atoms with van der Waals surface area (Å²) < 4.78 is 0. The summed E-state index contributed by atoms with van der Waals surface area (Å²) >= 11 is 23.9. The predicted octanol–water partition coefficient (Wildman–Crippen LogP) is 5.17. The first-order chi connectivity index (χ1) is 8.54. The van der Waals surface area contributed by atoms with Gasteiger partial charge in [-0.25, -0.2) is 0 Å². The Balaban J connectivity index is 2.77. The number of aldehydes is 1. The Kier molecular flexibility index (Phi) is 4.13. The molecule has 0 spiro atoms. The summed E-state index contributed by atoms with van der Waals surface area (Å²) in [5.74, 6) is 0. The molecule has 0 atom stereocenters. The molecule has 0 saturated carbocycles. The standard InChI is InChI=1S/C12H5Cl4NO/c13-7-3-6(5-18)12(17-4-7)10-8(14)1-2-9(15)11(10)16/h1-5H. The highest BCUT2D eigenvalue weighted by atomic mass is 35.5. The summed E-state index contributed by atoms with van der Waals surface area (Å²) in [7, 11) is 0. The lowest BCUT2D eigenvalue weighted by molar-refractivity contribution is 0.112. The number of benzene rings is 1. The number of pyridine rings is 1. The van der Waals surface area contributed by atoms with Crippen molar-refractivity contribution in [2.75, 3.05) is 0 Å². The third-order valence-corrected chi connectivity index (χ3v) is 3.62. The van der Waals surface area contributed by atoms with Gasteiger partial charge < -0.3 is 0 Å². The van der Waals surface area contributed by atoms with E-state index in [0.29, 0.717) is 38.2 Å². The Labute approximate surface area is 123 Å². The lowest BCUT2D eigenvalue weighted by Crippen LogP contribution is -1.94. The van der Waals surface area contributed by atoms with Gasteiger partial charge in [-0.1, -0.05) is 46.4 Å². The fourth-order valence-corrected chi connectivity index (χ4v) is 2.37. The molecule has 0 fully saturated rings. The van der Waals surface area contributed by atoms with Crippen LogP contribution in [0.3, 0.4) is 0 Å². The zero-order valence-electron chi connectivity index (χ0n) is 8.75. The van der Waals surface area contributed by atoms with E-state index >= 15 is 0 Å². The maximum Gasteiger partial charge on any atom is 0.152 e. The van der Waals surface area contributed by atoms with E-state index in [2.05, 4.69) is 4.98 Å². The van der Waals surface area contributed by atoms with Crippen molar-refractivity contribution in [1.82, 2.24) is 4.98 Å². The van der Waals surface area contributed by atoms with Crippen LogP contribution in [-0.4, -0.2) is 11.3 Å². The Hall–Kier alpha value is -0.800. The molecule has 0 radical (unpaired) electrons. The average Bonchev–Trinajstić information content (AvgIpc) is 2.36. The summed E-state index contributed by atoms with van der Waals surface area (Å²) in [6.07, 6.45) is 2.05. The van der Waals surface area contributed by atoms with Gasteiger partial charge in [0, 0.05) is 17.3 Å². The van der Waals surface area contributed by atoms with Crippen molar-refractivity contribution in [1.29, 1.82) is 0 Å². The third-order valence-electron chi connectivity index (χ3n) is 2.29. The second-order valence-corrected chi connectivity index (χ2v) is 5.06. The molecule has 0 saturated heterocycles. The SMILES string of the molecule is O=Cc1cc(Cl)cnc1-c1c(Cl)ccc(Cl)c1Cl. The molecule has 0 unspecified atom stereocenters. The first-order valence-electron chi connectivity index (χ1n) is 4.79. The second kappa shape index (κ2) is 5.45. The van der Waals surface area contributed by atoms with Gasteiger partial charge in [0.15, 0.2) is 6.29 Å². The monoisotopic (exact) mass is 319 g/mol. The fourth-order valence-electron chi connectivity index (χ4n) is 1.50. The zero-order chi connectivity index (χ0) is 13.3. The van der Waals surface area contributed by atoms with Crippen LogP contribution in [0.5, 0.6) is 0 Å². The molecule has 0 bridgehead atoms. The van der Waals surface area contributed by atoms with E-state index in [4.69, 9.17) is 46.4 Å². The predicted molar refractivity (Wildman–Crippen MR) is 75.1 cm³/mol. The van der Waals surface area contributed by atoms with Crippen molar-refractivity contribution >= 4 is 52.7 Å². The van der Waals surface area contributed by atoms with Crippen LogP contribution in [0.25, 0.3) is 11.3 Å². The summed E-state index contributed by atoms with van der Waals surface area (Å²) in [6.45, 7) is 0. The highest BCUT2D eigenvalue weighted by Gasteiger charge is 2.16. The molecule has 1 aromatic heterocycles. The van der Waals surface area contributed by atoms with Gasteiger partial charge >= 0.3 is 0 Å². The lowest BCUT2D eigenvalue weighted by Gasteiger charge is -2.10. The quantitative estimate of drug-likeness (QED) is 0.564. The normalized spacial score (nSPS) is 10.4. The summed E-state index contributed by atoms with van der Waals surface area (Å²) in [5, 5.41) is 1.31. The van der Waals surface area contributed by atoms with Gasteiger partial charge in [0.2, 0.25) is 0 Å². The van der Waals surface area contributed by atoms with E-state index in [0.717, 1.165) is 0 Å². The molecule has 2 rings (SSSR count). The first-order valence-corrected chi connectivity index (χ1v) is 6.30. The van der Waals surface area contributed by atoms with Crippen molar-refractivity contribution in [3.05, 3.63) is 50.0 Å². The Morgan fingerprint density at radius 3 is 2.39 bits per heavy atom. The summed E-state index contributed by atoms with van der Waals surface area (Å²) in [5.41, 5.74) is 1.07. The van der Waals surface area contributed by atoms with Crippen LogP contribution >= 0.6 is 46.4 Å². The minimum Gasteiger partial charge on any atom is -0.298 e. The van der Waals surface area contributed by atoms with Gasteiger partial charge in [0.05, 0.1) is 25.8 Å². The van der Waals surface area contributed by atoms with Crippen LogP contribution in [-0.2, 0) is 0 Å². The van der Waals surface area contributed by atoms with Crippen LogP contribution in [0.15, 0.2) is 24.4 Å². The fraction of sp³-hybridized carbons (Fsp3) is 0. The Morgan fingerprint density at radius 1 is 1.06 bits per heavy atom. The van der Waals surface area contributed by atoms with E-state index < -0.39 is 0 Å². The number of rotatable bonds is 2. The molecule has 18 heavy (non-hydrogen) atoms.